The fourth-order valence-electron chi connectivity index (χ4n) is 2.68. The highest BCUT2D eigenvalue weighted by molar-refractivity contribution is 5.18. The van der Waals surface area contributed by atoms with E-state index in [0.717, 1.165) is 18.4 Å². The molecule has 19 heavy (non-hydrogen) atoms. The Morgan fingerprint density at radius 2 is 1.79 bits per heavy atom. The second-order valence-electron chi connectivity index (χ2n) is 4.71. The van der Waals surface area contributed by atoms with Gasteiger partial charge in [-0.25, -0.2) is 0 Å². The van der Waals surface area contributed by atoms with Crippen LogP contribution in [0.1, 0.15) is 24.5 Å². The van der Waals surface area contributed by atoms with Gasteiger partial charge in [0.15, 0.2) is 12.6 Å². The molecule has 4 heteroatoms. The molecule has 4 nitrogen and oxygen atoms in total. The average molecular weight is 266 g/mol. The van der Waals surface area contributed by atoms with Gasteiger partial charge < -0.3 is 18.9 Å². The Kier molecular flexibility index (Phi) is 5.34. The standard InChI is InChI=1S/C15H22O4/c1-16-13-10-9-12(15(18-3)19-13)14(17-2)11-7-5-4-6-8-11/h4-8,12-15H,9-10H2,1-3H3. The quantitative estimate of drug-likeness (QED) is 0.821. The van der Waals surface area contributed by atoms with Gasteiger partial charge >= 0.3 is 0 Å². The second-order valence-corrected chi connectivity index (χ2v) is 4.71. The summed E-state index contributed by atoms with van der Waals surface area (Å²) in [7, 11) is 5.04. The minimum atomic E-state index is -0.302. The van der Waals surface area contributed by atoms with E-state index in [2.05, 4.69) is 12.1 Å². The highest BCUT2D eigenvalue weighted by Crippen LogP contribution is 2.37. The molecule has 1 aliphatic heterocycles. The third-order valence-electron chi connectivity index (χ3n) is 3.64. The second kappa shape index (κ2) is 7.01. The van der Waals surface area contributed by atoms with Crippen molar-refractivity contribution in [2.45, 2.75) is 31.5 Å². The molecule has 1 saturated heterocycles. The fourth-order valence-corrected chi connectivity index (χ4v) is 2.68. The van der Waals surface area contributed by atoms with Crippen molar-refractivity contribution in [3.05, 3.63) is 35.9 Å². The third kappa shape index (κ3) is 3.34. The van der Waals surface area contributed by atoms with Crippen molar-refractivity contribution in [3.8, 4) is 0 Å². The molecule has 0 spiro atoms. The Balaban J connectivity index is 2.14. The number of hydrogen-bond donors (Lipinski definition) is 0. The lowest BCUT2D eigenvalue weighted by atomic mass is 9.89. The van der Waals surface area contributed by atoms with Gasteiger partial charge in [-0.3, -0.25) is 0 Å². The van der Waals surface area contributed by atoms with Crippen LogP contribution < -0.4 is 0 Å². The molecule has 0 radical (unpaired) electrons. The van der Waals surface area contributed by atoms with Crippen molar-refractivity contribution < 1.29 is 18.9 Å². The monoisotopic (exact) mass is 266 g/mol. The molecular formula is C15H22O4. The highest BCUT2D eigenvalue weighted by Gasteiger charge is 2.37. The summed E-state index contributed by atoms with van der Waals surface area (Å²) < 4.78 is 22.2. The maximum Gasteiger partial charge on any atom is 0.165 e. The summed E-state index contributed by atoms with van der Waals surface area (Å²) in [5.74, 6) is 0.170. The Hall–Kier alpha value is -0.940. The summed E-state index contributed by atoms with van der Waals surface area (Å²) in [6.07, 6.45) is 1.29. The van der Waals surface area contributed by atoms with E-state index in [0.29, 0.717) is 0 Å². The van der Waals surface area contributed by atoms with Gasteiger partial charge in [0.2, 0.25) is 0 Å². The van der Waals surface area contributed by atoms with Gasteiger partial charge in [-0.1, -0.05) is 30.3 Å². The molecule has 0 saturated carbocycles. The van der Waals surface area contributed by atoms with Crippen LogP contribution in [0.25, 0.3) is 0 Å². The van der Waals surface area contributed by atoms with Crippen LogP contribution in [-0.4, -0.2) is 33.9 Å². The predicted molar refractivity (Wildman–Crippen MR) is 71.6 cm³/mol. The predicted octanol–water partition coefficient (Wildman–Crippen LogP) is 2.75. The van der Waals surface area contributed by atoms with E-state index < -0.39 is 0 Å². The van der Waals surface area contributed by atoms with E-state index in [4.69, 9.17) is 18.9 Å². The summed E-state index contributed by atoms with van der Waals surface area (Å²) >= 11 is 0. The summed E-state index contributed by atoms with van der Waals surface area (Å²) in [6, 6.07) is 10.2. The zero-order chi connectivity index (χ0) is 13.7. The first-order valence-corrected chi connectivity index (χ1v) is 6.59. The smallest absolute Gasteiger partial charge is 0.165 e. The molecule has 106 valence electrons. The summed E-state index contributed by atoms with van der Waals surface area (Å²) in [5.41, 5.74) is 1.15. The number of rotatable bonds is 5. The highest BCUT2D eigenvalue weighted by atomic mass is 16.8. The van der Waals surface area contributed by atoms with Crippen molar-refractivity contribution in [3.63, 3.8) is 0 Å². The molecule has 1 aromatic carbocycles. The molecule has 1 aliphatic rings. The molecule has 1 heterocycles. The van der Waals surface area contributed by atoms with Crippen LogP contribution in [0, 0.1) is 5.92 Å². The minimum absolute atomic E-state index is 0.0241. The number of hydrogen-bond acceptors (Lipinski definition) is 4. The lowest BCUT2D eigenvalue weighted by Crippen LogP contribution is -2.40. The first kappa shape index (κ1) is 14.5. The number of ether oxygens (including phenoxy) is 4. The first-order valence-electron chi connectivity index (χ1n) is 6.59. The zero-order valence-electron chi connectivity index (χ0n) is 11.7. The molecule has 0 aliphatic carbocycles. The SMILES string of the molecule is COC1CCC(C(OC)c2ccccc2)C(OC)O1. The maximum absolute atomic E-state index is 5.78. The summed E-state index contributed by atoms with van der Waals surface area (Å²) in [6.45, 7) is 0. The number of methoxy groups -OCH3 is 3. The van der Waals surface area contributed by atoms with Crippen LogP contribution in [0.15, 0.2) is 30.3 Å². The number of benzene rings is 1. The van der Waals surface area contributed by atoms with Crippen LogP contribution in [0.2, 0.25) is 0 Å². The maximum atomic E-state index is 5.78. The van der Waals surface area contributed by atoms with Crippen molar-refractivity contribution in [1.82, 2.24) is 0 Å². The van der Waals surface area contributed by atoms with Crippen LogP contribution in [-0.2, 0) is 18.9 Å². The molecule has 0 amide bonds. The van der Waals surface area contributed by atoms with E-state index in [-0.39, 0.29) is 24.6 Å². The molecule has 4 atom stereocenters. The Morgan fingerprint density at radius 3 is 2.37 bits per heavy atom. The van der Waals surface area contributed by atoms with Crippen LogP contribution in [0.4, 0.5) is 0 Å². The van der Waals surface area contributed by atoms with Crippen LogP contribution in [0.3, 0.4) is 0 Å². The Morgan fingerprint density at radius 1 is 1.05 bits per heavy atom. The molecule has 0 N–H and O–H groups in total. The molecule has 2 rings (SSSR count). The zero-order valence-corrected chi connectivity index (χ0v) is 11.7. The van der Waals surface area contributed by atoms with E-state index >= 15 is 0 Å². The molecule has 4 unspecified atom stereocenters. The lowest BCUT2D eigenvalue weighted by molar-refractivity contribution is -0.285. The van der Waals surface area contributed by atoms with Gasteiger partial charge in [0.05, 0.1) is 6.10 Å². The Labute approximate surface area is 114 Å². The van der Waals surface area contributed by atoms with Gasteiger partial charge in [-0.15, -0.1) is 0 Å². The largest absolute Gasteiger partial charge is 0.376 e. The van der Waals surface area contributed by atoms with E-state index in [1.807, 2.05) is 18.2 Å². The topological polar surface area (TPSA) is 36.9 Å². The normalized spacial score (nSPS) is 29.1. The fraction of sp³-hybridized carbons (Fsp3) is 0.600. The molecule has 1 aromatic rings. The minimum Gasteiger partial charge on any atom is -0.376 e. The van der Waals surface area contributed by atoms with Crippen molar-refractivity contribution >= 4 is 0 Å². The van der Waals surface area contributed by atoms with Crippen molar-refractivity contribution in [1.29, 1.82) is 0 Å². The molecule has 0 bridgehead atoms. The lowest BCUT2D eigenvalue weighted by Gasteiger charge is -2.38. The molecule has 1 fully saturated rings. The van der Waals surface area contributed by atoms with E-state index in [1.165, 1.54) is 0 Å². The molecule has 0 aromatic heterocycles. The molecular weight excluding hydrogens is 244 g/mol. The van der Waals surface area contributed by atoms with Gasteiger partial charge in [0, 0.05) is 27.2 Å². The van der Waals surface area contributed by atoms with Gasteiger partial charge in [0.25, 0.3) is 0 Å². The van der Waals surface area contributed by atoms with Gasteiger partial charge in [-0.2, -0.15) is 0 Å². The first-order chi connectivity index (χ1) is 9.30. The van der Waals surface area contributed by atoms with Gasteiger partial charge in [-0.05, 0) is 18.4 Å². The van der Waals surface area contributed by atoms with Crippen molar-refractivity contribution in [2.24, 2.45) is 5.92 Å². The van der Waals surface area contributed by atoms with Crippen LogP contribution in [0.5, 0.6) is 0 Å². The van der Waals surface area contributed by atoms with E-state index in [1.54, 1.807) is 21.3 Å². The van der Waals surface area contributed by atoms with Gasteiger partial charge in [0.1, 0.15) is 0 Å². The third-order valence-corrected chi connectivity index (χ3v) is 3.64. The summed E-state index contributed by atoms with van der Waals surface area (Å²) in [4.78, 5) is 0. The average Bonchev–Trinajstić information content (AvgIpc) is 2.49. The van der Waals surface area contributed by atoms with E-state index in [9.17, 15) is 0 Å². The summed E-state index contributed by atoms with van der Waals surface area (Å²) in [5, 5.41) is 0. The van der Waals surface area contributed by atoms with Crippen LogP contribution >= 0.6 is 0 Å². The van der Waals surface area contributed by atoms with Crippen molar-refractivity contribution in [2.75, 3.05) is 21.3 Å². The Bertz CT molecular complexity index is 368.